The summed E-state index contributed by atoms with van der Waals surface area (Å²) in [5, 5.41) is 3.34. The SMILES string of the molecule is C=C(N)C1CCC(C)CN1. The maximum absolute atomic E-state index is 5.56. The molecule has 2 unspecified atom stereocenters. The summed E-state index contributed by atoms with van der Waals surface area (Å²) in [7, 11) is 0. The minimum absolute atomic E-state index is 0.371. The molecule has 2 nitrogen and oxygen atoms in total. The lowest BCUT2D eigenvalue weighted by molar-refractivity contribution is 0.352. The summed E-state index contributed by atoms with van der Waals surface area (Å²) in [4.78, 5) is 0. The molecule has 10 heavy (non-hydrogen) atoms. The molecule has 1 rings (SSSR count). The van der Waals surface area contributed by atoms with Crippen LogP contribution in [0.1, 0.15) is 19.8 Å². The highest BCUT2D eigenvalue weighted by Gasteiger charge is 2.17. The third-order valence-electron chi connectivity index (χ3n) is 2.11. The molecule has 0 aromatic heterocycles. The Kier molecular flexibility index (Phi) is 2.33. The maximum atomic E-state index is 5.56. The Morgan fingerprint density at radius 2 is 2.30 bits per heavy atom. The quantitative estimate of drug-likeness (QED) is 0.566. The molecule has 2 atom stereocenters. The molecule has 1 fully saturated rings. The monoisotopic (exact) mass is 140 g/mol. The Morgan fingerprint density at radius 3 is 2.70 bits per heavy atom. The lowest BCUT2D eigenvalue weighted by atomic mass is 9.95. The van der Waals surface area contributed by atoms with Gasteiger partial charge in [-0.05, 0) is 25.3 Å². The van der Waals surface area contributed by atoms with E-state index in [4.69, 9.17) is 5.73 Å². The molecule has 0 saturated carbocycles. The molecule has 2 heteroatoms. The van der Waals surface area contributed by atoms with Crippen molar-refractivity contribution in [2.45, 2.75) is 25.8 Å². The van der Waals surface area contributed by atoms with Crippen LogP contribution in [0.2, 0.25) is 0 Å². The predicted octanol–water partition coefficient (Wildman–Crippen LogP) is 0.847. The van der Waals surface area contributed by atoms with Gasteiger partial charge in [-0.15, -0.1) is 0 Å². The van der Waals surface area contributed by atoms with Gasteiger partial charge in [-0.25, -0.2) is 0 Å². The van der Waals surface area contributed by atoms with Crippen molar-refractivity contribution in [1.29, 1.82) is 0 Å². The zero-order chi connectivity index (χ0) is 7.56. The summed E-state index contributed by atoms with van der Waals surface area (Å²) in [5.41, 5.74) is 6.34. The van der Waals surface area contributed by atoms with Crippen molar-refractivity contribution in [2.24, 2.45) is 11.7 Å². The van der Waals surface area contributed by atoms with Gasteiger partial charge >= 0.3 is 0 Å². The first-order chi connectivity index (χ1) is 4.70. The van der Waals surface area contributed by atoms with Crippen molar-refractivity contribution in [1.82, 2.24) is 5.32 Å². The third-order valence-corrected chi connectivity index (χ3v) is 2.11. The fourth-order valence-electron chi connectivity index (χ4n) is 1.32. The highest BCUT2D eigenvalue weighted by Crippen LogP contribution is 2.15. The van der Waals surface area contributed by atoms with Crippen molar-refractivity contribution in [2.75, 3.05) is 6.54 Å². The highest BCUT2D eigenvalue weighted by atomic mass is 15.0. The number of piperidine rings is 1. The van der Waals surface area contributed by atoms with Crippen LogP contribution in [0.3, 0.4) is 0 Å². The molecule has 0 aliphatic carbocycles. The van der Waals surface area contributed by atoms with E-state index >= 15 is 0 Å². The molecule has 58 valence electrons. The Morgan fingerprint density at radius 1 is 1.60 bits per heavy atom. The zero-order valence-corrected chi connectivity index (χ0v) is 6.56. The number of nitrogens with two attached hydrogens (primary N) is 1. The molecule has 1 aliphatic heterocycles. The molecular formula is C8H16N2. The summed E-state index contributed by atoms with van der Waals surface area (Å²) in [6, 6.07) is 0.371. The standard InChI is InChI=1S/C8H16N2/c1-6-3-4-8(7(2)9)10-5-6/h6,8,10H,2-5,9H2,1H3. The van der Waals surface area contributed by atoms with Crippen molar-refractivity contribution in [3.8, 4) is 0 Å². The summed E-state index contributed by atoms with van der Waals surface area (Å²) in [6.07, 6.45) is 2.42. The molecule has 0 spiro atoms. The Labute approximate surface area is 62.5 Å². The van der Waals surface area contributed by atoms with Gasteiger partial charge in [0.25, 0.3) is 0 Å². The highest BCUT2D eigenvalue weighted by molar-refractivity contribution is 5.01. The van der Waals surface area contributed by atoms with Crippen LogP contribution in [0.15, 0.2) is 12.3 Å². The van der Waals surface area contributed by atoms with Crippen LogP contribution in [0.25, 0.3) is 0 Å². The second-order valence-electron chi connectivity index (χ2n) is 3.22. The van der Waals surface area contributed by atoms with Gasteiger partial charge in [-0.1, -0.05) is 13.5 Å². The predicted molar refractivity (Wildman–Crippen MR) is 43.5 cm³/mol. The van der Waals surface area contributed by atoms with Crippen LogP contribution in [0, 0.1) is 5.92 Å². The van der Waals surface area contributed by atoms with E-state index in [1.807, 2.05) is 0 Å². The van der Waals surface area contributed by atoms with E-state index < -0.39 is 0 Å². The topological polar surface area (TPSA) is 38.0 Å². The third kappa shape index (κ3) is 1.74. The first-order valence-corrected chi connectivity index (χ1v) is 3.88. The van der Waals surface area contributed by atoms with E-state index in [1.54, 1.807) is 0 Å². The van der Waals surface area contributed by atoms with Gasteiger partial charge in [0.15, 0.2) is 0 Å². The van der Waals surface area contributed by atoms with Gasteiger partial charge < -0.3 is 11.1 Å². The fraction of sp³-hybridized carbons (Fsp3) is 0.750. The van der Waals surface area contributed by atoms with Gasteiger partial charge in [0.05, 0.1) is 0 Å². The lowest BCUT2D eigenvalue weighted by Gasteiger charge is -2.27. The van der Waals surface area contributed by atoms with Crippen LogP contribution < -0.4 is 11.1 Å². The molecule has 0 aromatic carbocycles. The largest absolute Gasteiger partial charge is 0.401 e. The second-order valence-corrected chi connectivity index (χ2v) is 3.22. The van der Waals surface area contributed by atoms with Crippen LogP contribution >= 0.6 is 0 Å². The molecule has 0 amide bonds. The van der Waals surface area contributed by atoms with Gasteiger partial charge in [0.1, 0.15) is 0 Å². The zero-order valence-electron chi connectivity index (χ0n) is 6.56. The molecule has 1 heterocycles. The molecule has 1 saturated heterocycles. The van der Waals surface area contributed by atoms with Crippen LogP contribution in [-0.4, -0.2) is 12.6 Å². The smallest absolute Gasteiger partial charge is 0.0461 e. The van der Waals surface area contributed by atoms with Gasteiger partial charge in [0.2, 0.25) is 0 Å². The number of rotatable bonds is 1. The number of hydrogen-bond acceptors (Lipinski definition) is 2. The fourth-order valence-corrected chi connectivity index (χ4v) is 1.32. The Balaban J connectivity index is 2.33. The lowest BCUT2D eigenvalue weighted by Crippen LogP contribution is -2.40. The van der Waals surface area contributed by atoms with Gasteiger partial charge in [-0.3, -0.25) is 0 Å². The van der Waals surface area contributed by atoms with E-state index in [2.05, 4.69) is 18.8 Å². The number of hydrogen-bond donors (Lipinski definition) is 2. The van der Waals surface area contributed by atoms with E-state index in [1.165, 1.54) is 6.42 Å². The first kappa shape index (κ1) is 7.61. The van der Waals surface area contributed by atoms with Crippen molar-refractivity contribution in [3.63, 3.8) is 0 Å². The summed E-state index contributed by atoms with van der Waals surface area (Å²) < 4.78 is 0. The van der Waals surface area contributed by atoms with E-state index in [-0.39, 0.29) is 0 Å². The van der Waals surface area contributed by atoms with Crippen LogP contribution in [0.5, 0.6) is 0 Å². The van der Waals surface area contributed by atoms with Crippen molar-refractivity contribution >= 4 is 0 Å². The van der Waals surface area contributed by atoms with Crippen LogP contribution in [-0.2, 0) is 0 Å². The Hall–Kier alpha value is -0.500. The van der Waals surface area contributed by atoms with Crippen molar-refractivity contribution in [3.05, 3.63) is 12.3 Å². The van der Waals surface area contributed by atoms with E-state index in [0.717, 1.165) is 24.6 Å². The average Bonchev–Trinajstić information content (AvgIpc) is 1.88. The Bertz CT molecular complexity index is 123. The van der Waals surface area contributed by atoms with Gasteiger partial charge in [-0.2, -0.15) is 0 Å². The second kappa shape index (κ2) is 3.06. The minimum Gasteiger partial charge on any atom is -0.401 e. The average molecular weight is 140 g/mol. The van der Waals surface area contributed by atoms with E-state index in [0.29, 0.717) is 6.04 Å². The molecule has 0 aromatic rings. The molecular weight excluding hydrogens is 124 g/mol. The summed E-state index contributed by atoms with van der Waals surface area (Å²) in [5.74, 6) is 0.801. The molecule has 0 bridgehead atoms. The van der Waals surface area contributed by atoms with Crippen LogP contribution in [0.4, 0.5) is 0 Å². The normalized spacial score (nSPS) is 33.7. The van der Waals surface area contributed by atoms with E-state index in [9.17, 15) is 0 Å². The number of nitrogens with one attached hydrogen (secondary N) is 1. The minimum atomic E-state index is 0.371. The summed E-state index contributed by atoms with van der Waals surface area (Å²) >= 11 is 0. The molecule has 3 N–H and O–H groups in total. The first-order valence-electron chi connectivity index (χ1n) is 3.88. The van der Waals surface area contributed by atoms with Crippen molar-refractivity contribution < 1.29 is 0 Å². The summed E-state index contributed by atoms with van der Waals surface area (Å²) in [6.45, 7) is 7.06. The molecule has 0 radical (unpaired) electrons. The molecule has 1 aliphatic rings. The van der Waals surface area contributed by atoms with Gasteiger partial charge in [0, 0.05) is 11.7 Å². The maximum Gasteiger partial charge on any atom is 0.0461 e.